The molecule has 172 valence electrons. The molecule has 0 radical (unpaired) electrons. The highest BCUT2D eigenvalue weighted by atomic mass is 127. The van der Waals surface area contributed by atoms with Gasteiger partial charge in [0.05, 0.1) is 31.0 Å². The monoisotopic (exact) mass is 537 g/mol. The summed E-state index contributed by atoms with van der Waals surface area (Å²) in [7, 11) is 1.89. The Kier molecular flexibility index (Phi) is 12.5. The van der Waals surface area contributed by atoms with Crippen molar-refractivity contribution in [2.45, 2.75) is 25.9 Å². The summed E-state index contributed by atoms with van der Waals surface area (Å²) >= 11 is 0. The maximum Gasteiger partial charge on any atom is 0.191 e. The average molecular weight is 537 g/mol. The number of aliphatic imine (C=N–C) groups is 1. The van der Waals surface area contributed by atoms with E-state index >= 15 is 0 Å². The highest BCUT2D eigenvalue weighted by molar-refractivity contribution is 14.0. The van der Waals surface area contributed by atoms with Crippen LogP contribution in [0, 0.1) is 5.82 Å². The summed E-state index contributed by atoms with van der Waals surface area (Å²) in [6.07, 6.45) is 0.833. The summed E-state index contributed by atoms with van der Waals surface area (Å²) in [5, 5.41) is 17.2. The molecule has 7 nitrogen and oxygen atoms in total. The number of halogens is 2. The third-order valence-electron chi connectivity index (χ3n) is 4.82. The number of hydrogen-bond acceptors (Lipinski definition) is 5. The van der Waals surface area contributed by atoms with Gasteiger partial charge in [-0.25, -0.2) is 4.39 Å². The van der Waals surface area contributed by atoms with E-state index in [9.17, 15) is 9.50 Å². The highest BCUT2D eigenvalue weighted by Gasteiger charge is 2.25. The standard InChI is InChI=1S/C21H36FN5O2.HI/c1-4-23-20(25-16-21(2,28)17-27-12-14-29-15-13-27)24-10-7-11-26(3)19-9-6-5-8-18(19)22;/h5-6,8-9,28H,4,7,10-17H2,1-3H3,(H2,23,24,25);1H. The Morgan fingerprint density at radius 3 is 2.67 bits per heavy atom. The predicted octanol–water partition coefficient (Wildman–Crippen LogP) is 1.91. The van der Waals surface area contributed by atoms with Crippen LogP contribution in [0.5, 0.6) is 0 Å². The van der Waals surface area contributed by atoms with Crippen LogP contribution >= 0.6 is 24.0 Å². The number of para-hydroxylation sites is 1. The second-order valence-electron chi connectivity index (χ2n) is 7.73. The lowest BCUT2D eigenvalue weighted by atomic mass is 10.1. The van der Waals surface area contributed by atoms with Gasteiger partial charge in [-0.15, -0.1) is 24.0 Å². The second kappa shape index (κ2) is 14.0. The van der Waals surface area contributed by atoms with Gasteiger partial charge in [-0.1, -0.05) is 12.1 Å². The first-order valence-electron chi connectivity index (χ1n) is 10.4. The van der Waals surface area contributed by atoms with Crippen molar-refractivity contribution >= 4 is 35.6 Å². The molecule has 1 aliphatic rings. The van der Waals surface area contributed by atoms with Crippen LogP contribution in [0.15, 0.2) is 29.3 Å². The second-order valence-corrected chi connectivity index (χ2v) is 7.73. The SMILES string of the molecule is CCNC(=NCC(C)(O)CN1CCOCC1)NCCCN(C)c1ccccc1F.I. The summed E-state index contributed by atoms with van der Waals surface area (Å²) in [4.78, 5) is 8.67. The molecular weight excluding hydrogens is 500 g/mol. The van der Waals surface area contributed by atoms with E-state index in [1.807, 2.05) is 31.9 Å². The molecule has 0 bridgehead atoms. The third-order valence-corrected chi connectivity index (χ3v) is 4.82. The van der Waals surface area contributed by atoms with Gasteiger partial charge in [0.15, 0.2) is 5.96 Å². The van der Waals surface area contributed by atoms with Crippen molar-refractivity contribution in [1.82, 2.24) is 15.5 Å². The van der Waals surface area contributed by atoms with E-state index in [2.05, 4.69) is 20.5 Å². The number of guanidine groups is 1. The van der Waals surface area contributed by atoms with Gasteiger partial charge < -0.3 is 25.4 Å². The lowest BCUT2D eigenvalue weighted by Gasteiger charge is -2.33. The largest absolute Gasteiger partial charge is 0.387 e. The smallest absolute Gasteiger partial charge is 0.191 e. The van der Waals surface area contributed by atoms with Crippen molar-refractivity contribution in [1.29, 1.82) is 0 Å². The van der Waals surface area contributed by atoms with Crippen molar-refractivity contribution in [3.8, 4) is 0 Å². The molecule has 1 aromatic rings. The summed E-state index contributed by atoms with van der Waals surface area (Å²) < 4.78 is 19.2. The number of ether oxygens (including phenoxy) is 1. The van der Waals surface area contributed by atoms with Crippen LogP contribution in [0.1, 0.15) is 20.3 Å². The molecule has 30 heavy (non-hydrogen) atoms. The van der Waals surface area contributed by atoms with Gasteiger partial charge >= 0.3 is 0 Å². The van der Waals surface area contributed by atoms with Crippen LogP contribution < -0.4 is 15.5 Å². The van der Waals surface area contributed by atoms with E-state index in [1.165, 1.54) is 6.07 Å². The zero-order valence-corrected chi connectivity index (χ0v) is 20.7. The zero-order chi connectivity index (χ0) is 21.1. The minimum absolute atomic E-state index is 0. The molecule has 1 fully saturated rings. The molecule has 1 aliphatic heterocycles. The quantitative estimate of drug-likeness (QED) is 0.183. The molecule has 9 heteroatoms. The van der Waals surface area contributed by atoms with Gasteiger partial charge in [-0.2, -0.15) is 0 Å². The van der Waals surface area contributed by atoms with Crippen molar-refractivity contribution in [3.05, 3.63) is 30.1 Å². The molecule has 1 atom stereocenters. The van der Waals surface area contributed by atoms with Gasteiger partial charge in [0.25, 0.3) is 0 Å². The Morgan fingerprint density at radius 2 is 2.00 bits per heavy atom. The molecular formula is C21H37FIN5O2. The Labute approximate surface area is 197 Å². The minimum atomic E-state index is -0.898. The fraction of sp³-hybridized carbons (Fsp3) is 0.667. The maximum absolute atomic E-state index is 13.8. The summed E-state index contributed by atoms with van der Waals surface area (Å²) in [6.45, 7) is 10.00. The normalized spacial score (nSPS) is 17.0. The molecule has 0 aromatic heterocycles. The van der Waals surface area contributed by atoms with Crippen molar-refractivity contribution in [2.75, 3.05) is 71.0 Å². The lowest BCUT2D eigenvalue weighted by Crippen LogP contribution is -2.48. The molecule has 2 rings (SSSR count). The number of aliphatic hydroxyl groups is 1. The maximum atomic E-state index is 13.8. The van der Waals surface area contributed by atoms with E-state index in [0.717, 1.165) is 32.6 Å². The molecule has 1 unspecified atom stereocenters. The van der Waals surface area contributed by atoms with Crippen LogP contribution in [0.2, 0.25) is 0 Å². The third kappa shape index (κ3) is 9.76. The summed E-state index contributed by atoms with van der Waals surface area (Å²) in [5.74, 6) is 0.476. The number of benzene rings is 1. The molecule has 1 aromatic carbocycles. The minimum Gasteiger partial charge on any atom is -0.387 e. The summed E-state index contributed by atoms with van der Waals surface area (Å²) in [6, 6.07) is 6.79. The molecule has 0 spiro atoms. The van der Waals surface area contributed by atoms with Gasteiger partial charge in [0, 0.05) is 46.3 Å². The number of β-amino-alcohol motifs (C(OH)–C–C–N with tert-alkyl or cyclic N) is 1. The highest BCUT2D eigenvalue weighted by Crippen LogP contribution is 2.16. The lowest BCUT2D eigenvalue weighted by molar-refractivity contribution is -0.0179. The van der Waals surface area contributed by atoms with E-state index in [1.54, 1.807) is 12.1 Å². The fourth-order valence-electron chi connectivity index (χ4n) is 3.29. The number of morpholine rings is 1. The first kappa shape index (κ1) is 26.9. The van der Waals surface area contributed by atoms with Crippen LogP contribution in [-0.4, -0.2) is 87.6 Å². The van der Waals surface area contributed by atoms with Crippen LogP contribution in [0.25, 0.3) is 0 Å². The molecule has 0 amide bonds. The first-order valence-corrected chi connectivity index (χ1v) is 10.4. The summed E-state index contributed by atoms with van der Waals surface area (Å²) in [5.41, 5.74) is -0.294. The predicted molar refractivity (Wildman–Crippen MR) is 132 cm³/mol. The Bertz CT molecular complexity index is 642. The molecule has 1 heterocycles. The average Bonchev–Trinajstić information content (AvgIpc) is 2.70. The van der Waals surface area contributed by atoms with Crippen LogP contribution in [0.4, 0.5) is 10.1 Å². The van der Waals surface area contributed by atoms with Crippen molar-refractivity contribution < 1.29 is 14.2 Å². The number of nitrogens with one attached hydrogen (secondary N) is 2. The molecule has 3 N–H and O–H groups in total. The van der Waals surface area contributed by atoms with E-state index < -0.39 is 5.60 Å². The molecule has 0 saturated carbocycles. The van der Waals surface area contributed by atoms with Gasteiger partial charge in [-0.3, -0.25) is 9.89 Å². The number of hydrogen-bond donors (Lipinski definition) is 3. The Balaban J connectivity index is 0.00000450. The van der Waals surface area contributed by atoms with Gasteiger partial charge in [-0.05, 0) is 32.4 Å². The number of anilines is 1. The fourth-order valence-corrected chi connectivity index (χ4v) is 3.29. The number of rotatable bonds is 10. The van der Waals surface area contributed by atoms with E-state index in [4.69, 9.17) is 4.74 Å². The number of nitrogens with zero attached hydrogens (tertiary/aromatic N) is 3. The van der Waals surface area contributed by atoms with Crippen LogP contribution in [-0.2, 0) is 4.74 Å². The topological polar surface area (TPSA) is 72.4 Å². The van der Waals surface area contributed by atoms with E-state index in [-0.39, 0.29) is 29.8 Å². The molecule has 0 aliphatic carbocycles. The van der Waals surface area contributed by atoms with Gasteiger partial charge in [0.1, 0.15) is 5.82 Å². The Morgan fingerprint density at radius 1 is 1.30 bits per heavy atom. The van der Waals surface area contributed by atoms with Crippen LogP contribution in [0.3, 0.4) is 0 Å². The molecule has 1 saturated heterocycles. The first-order chi connectivity index (χ1) is 13.9. The van der Waals surface area contributed by atoms with Crippen molar-refractivity contribution in [2.24, 2.45) is 4.99 Å². The zero-order valence-electron chi connectivity index (χ0n) is 18.4. The Hall–Kier alpha value is -1.17. The van der Waals surface area contributed by atoms with Gasteiger partial charge in [0.2, 0.25) is 0 Å². The van der Waals surface area contributed by atoms with Crippen molar-refractivity contribution in [3.63, 3.8) is 0 Å². The van der Waals surface area contributed by atoms with E-state index in [0.29, 0.717) is 44.5 Å².